The molecule has 0 atom stereocenters. The van der Waals surface area contributed by atoms with Crippen LogP contribution in [0.5, 0.6) is 0 Å². The molecule has 5 nitrogen and oxygen atoms in total. The second kappa shape index (κ2) is 10.5. The normalized spacial score (nSPS) is 10.2. The van der Waals surface area contributed by atoms with E-state index in [0.717, 1.165) is 5.56 Å². The van der Waals surface area contributed by atoms with Gasteiger partial charge in [0.1, 0.15) is 0 Å². The minimum atomic E-state index is -0.350. The third kappa shape index (κ3) is 6.69. The smallest absolute Gasteiger partial charge is 0.257 e. The number of amides is 2. The Morgan fingerprint density at radius 1 is 0.833 bits per heavy atom. The van der Waals surface area contributed by atoms with E-state index < -0.39 is 0 Å². The molecule has 0 saturated heterocycles. The van der Waals surface area contributed by atoms with Crippen molar-refractivity contribution in [3.05, 3.63) is 95.0 Å². The van der Waals surface area contributed by atoms with Gasteiger partial charge in [-0.25, -0.2) is 0 Å². The quantitative estimate of drug-likeness (QED) is 0.472. The third-order valence-corrected chi connectivity index (χ3v) is 4.66. The van der Waals surface area contributed by atoms with Crippen LogP contribution in [0.4, 0.5) is 11.4 Å². The van der Waals surface area contributed by atoms with Gasteiger partial charge < -0.3 is 10.6 Å². The van der Waals surface area contributed by atoms with Crippen LogP contribution in [-0.2, 0) is 11.2 Å². The second-order valence-corrected chi connectivity index (χ2v) is 7.37. The molecule has 2 amide bonds. The molecule has 0 spiro atoms. The van der Waals surface area contributed by atoms with Crippen molar-refractivity contribution in [2.75, 3.05) is 10.6 Å². The summed E-state index contributed by atoms with van der Waals surface area (Å²) in [6.45, 7) is 0. The van der Waals surface area contributed by atoms with Crippen LogP contribution in [-0.4, -0.2) is 16.9 Å². The van der Waals surface area contributed by atoms with Gasteiger partial charge in [-0.05, 0) is 66.7 Å². The molecule has 3 rings (SSSR count). The average molecular weight is 438 g/mol. The summed E-state index contributed by atoms with van der Waals surface area (Å²) in [5.74, 6) is -0.402. The fraction of sp³-hybridized carbons (Fsp3) is 0.0870. The molecule has 0 aromatic heterocycles. The van der Waals surface area contributed by atoms with Crippen LogP contribution in [0, 0.1) is 0 Å². The van der Waals surface area contributed by atoms with E-state index >= 15 is 0 Å². The fourth-order valence-corrected chi connectivity index (χ4v) is 3.13. The predicted molar refractivity (Wildman–Crippen MR) is 125 cm³/mol. The summed E-state index contributed by atoms with van der Waals surface area (Å²) < 4.78 is 0. The van der Waals surface area contributed by atoms with Gasteiger partial charge in [-0.1, -0.05) is 48.0 Å². The molecule has 0 aliphatic carbocycles. The van der Waals surface area contributed by atoms with Crippen LogP contribution < -0.4 is 16.0 Å². The van der Waals surface area contributed by atoms with Gasteiger partial charge >= 0.3 is 0 Å². The zero-order valence-electron chi connectivity index (χ0n) is 16.0. The summed E-state index contributed by atoms with van der Waals surface area (Å²) in [4.78, 5) is 24.3. The minimum Gasteiger partial charge on any atom is -0.332 e. The summed E-state index contributed by atoms with van der Waals surface area (Å²) in [6, 6.07) is 23.5. The van der Waals surface area contributed by atoms with Gasteiger partial charge in [0, 0.05) is 28.4 Å². The van der Waals surface area contributed by atoms with Gasteiger partial charge in [0.2, 0.25) is 5.91 Å². The van der Waals surface area contributed by atoms with Crippen LogP contribution in [0.1, 0.15) is 22.3 Å². The van der Waals surface area contributed by atoms with Crippen LogP contribution in [0.25, 0.3) is 0 Å². The molecule has 0 aliphatic heterocycles. The highest BCUT2D eigenvalue weighted by molar-refractivity contribution is 7.80. The van der Waals surface area contributed by atoms with Crippen molar-refractivity contribution in [1.82, 2.24) is 5.32 Å². The SMILES string of the molecule is O=C(CCc1ccccc1)Nc1ccc(NC(=S)NC(=O)c2cccc(Cl)c2)cc1. The Morgan fingerprint density at radius 2 is 1.50 bits per heavy atom. The summed E-state index contributed by atoms with van der Waals surface area (Å²) in [7, 11) is 0. The predicted octanol–water partition coefficient (Wildman–Crippen LogP) is 5.04. The van der Waals surface area contributed by atoms with Gasteiger partial charge in [0.15, 0.2) is 5.11 Å². The van der Waals surface area contributed by atoms with Crippen LogP contribution in [0.15, 0.2) is 78.9 Å². The van der Waals surface area contributed by atoms with Crippen molar-refractivity contribution in [1.29, 1.82) is 0 Å². The number of hydrogen-bond donors (Lipinski definition) is 3. The first-order valence-corrected chi connectivity index (χ1v) is 10.1. The highest BCUT2D eigenvalue weighted by Crippen LogP contribution is 2.15. The van der Waals surface area contributed by atoms with Crippen molar-refractivity contribution in [3.8, 4) is 0 Å². The average Bonchev–Trinajstić information content (AvgIpc) is 2.74. The number of aryl methyl sites for hydroxylation is 1. The number of rotatable bonds is 6. The summed E-state index contributed by atoms with van der Waals surface area (Å²) in [5, 5.41) is 9.05. The maximum atomic E-state index is 12.2. The Hall–Kier alpha value is -3.22. The summed E-state index contributed by atoms with van der Waals surface area (Å²) >= 11 is 11.1. The zero-order valence-corrected chi connectivity index (χ0v) is 17.6. The summed E-state index contributed by atoms with van der Waals surface area (Å²) in [5.41, 5.74) is 2.92. The number of halogens is 1. The highest BCUT2D eigenvalue weighted by atomic mass is 35.5. The Morgan fingerprint density at radius 3 is 2.17 bits per heavy atom. The second-order valence-electron chi connectivity index (χ2n) is 6.53. The molecule has 30 heavy (non-hydrogen) atoms. The maximum Gasteiger partial charge on any atom is 0.257 e. The van der Waals surface area contributed by atoms with E-state index in [0.29, 0.717) is 34.8 Å². The molecular formula is C23H20ClN3O2S. The number of carbonyl (C=O) groups is 2. The largest absolute Gasteiger partial charge is 0.332 e. The lowest BCUT2D eigenvalue weighted by Gasteiger charge is -2.11. The van der Waals surface area contributed by atoms with Gasteiger partial charge in [-0.2, -0.15) is 0 Å². The van der Waals surface area contributed by atoms with E-state index in [1.165, 1.54) is 0 Å². The van der Waals surface area contributed by atoms with Crippen molar-refractivity contribution in [2.24, 2.45) is 0 Å². The molecule has 0 heterocycles. The lowest BCUT2D eigenvalue weighted by Crippen LogP contribution is -2.34. The Kier molecular flexibility index (Phi) is 7.54. The molecule has 152 valence electrons. The third-order valence-electron chi connectivity index (χ3n) is 4.22. The number of nitrogens with one attached hydrogen (secondary N) is 3. The Bertz CT molecular complexity index is 1040. The zero-order chi connectivity index (χ0) is 21.3. The fourth-order valence-electron chi connectivity index (χ4n) is 2.73. The monoisotopic (exact) mass is 437 g/mol. The van der Waals surface area contributed by atoms with Crippen LogP contribution in [0.2, 0.25) is 5.02 Å². The number of benzene rings is 3. The van der Waals surface area contributed by atoms with E-state index in [2.05, 4.69) is 16.0 Å². The standard InChI is InChI=1S/C23H20ClN3O2S/c24-18-8-4-7-17(15-18)22(29)27-23(30)26-20-12-10-19(11-13-20)25-21(28)14-9-16-5-2-1-3-6-16/h1-8,10-13,15H,9,14H2,(H,25,28)(H2,26,27,29,30). The van der Waals surface area contributed by atoms with Crippen LogP contribution >= 0.6 is 23.8 Å². The first kappa shape index (κ1) is 21.5. The lowest BCUT2D eigenvalue weighted by atomic mass is 10.1. The van der Waals surface area contributed by atoms with E-state index in [1.54, 1.807) is 48.5 Å². The first-order chi connectivity index (χ1) is 14.5. The van der Waals surface area contributed by atoms with Gasteiger partial charge in [0.05, 0.1) is 0 Å². The Labute approximate surface area is 185 Å². The van der Waals surface area contributed by atoms with Crippen molar-refractivity contribution in [2.45, 2.75) is 12.8 Å². The van der Waals surface area contributed by atoms with E-state index in [-0.39, 0.29) is 16.9 Å². The highest BCUT2D eigenvalue weighted by Gasteiger charge is 2.09. The van der Waals surface area contributed by atoms with E-state index in [9.17, 15) is 9.59 Å². The molecule has 3 aromatic rings. The molecule has 0 fully saturated rings. The van der Waals surface area contributed by atoms with Gasteiger partial charge in [-0.15, -0.1) is 0 Å². The number of anilines is 2. The molecule has 0 unspecified atom stereocenters. The maximum absolute atomic E-state index is 12.2. The topological polar surface area (TPSA) is 70.2 Å². The minimum absolute atomic E-state index is 0.0520. The molecule has 0 saturated carbocycles. The summed E-state index contributed by atoms with van der Waals surface area (Å²) in [6.07, 6.45) is 1.09. The number of carbonyl (C=O) groups excluding carboxylic acids is 2. The molecule has 0 radical (unpaired) electrons. The van der Waals surface area contributed by atoms with E-state index in [4.69, 9.17) is 23.8 Å². The molecule has 7 heteroatoms. The Balaban J connectivity index is 1.47. The van der Waals surface area contributed by atoms with E-state index in [1.807, 2.05) is 30.3 Å². The van der Waals surface area contributed by atoms with Crippen molar-refractivity contribution >= 4 is 52.1 Å². The van der Waals surface area contributed by atoms with Crippen molar-refractivity contribution < 1.29 is 9.59 Å². The van der Waals surface area contributed by atoms with Crippen molar-refractivity contribution in [3.63, 3.8) is 0 Å². The molecule has 0 aliphatic rings. The first-order valence-electron chi connectivity index (χ1n) is 9.31. The molecule has 3 N–H and O–H groups in total. The molecule has 3 aromatic carbocycles. The molecule has 0 bridgehead atoms. The number of hydrogen-bond acceptors (Lipinski definition) is 3. The van der Waals surface area contributed by atoms with Gasteiger partial charge in [0.25, 0.3) is 5.91 Å². The van der Waals surface area contributed by atoms with Crippen LogP contribution in [0.3, 0.4) is 0 Å². The molecular weight excluding hydrogens is 418 g/mol. The number of thiocarbonyl (C=S) groups is 1. The van der Waals surface area contributed by atoms with Gasteiger partial charge in [-0.3, -0.25) is 14.9 Å². The lowest BCUT2D eigenvalue weighted by molar-refractivity contribution is -0.116.